The molecule has 0 unspecified atom stereocenters. The maximum atomic E-state index is 12.2. The van der Waals surface area contributed by atoms with Crippen molar-refractivity contribution >= 4 is 17.6 Å². The Morgan fingerprint density at radius 2 is 2.27 bits per heavy atom. The van der Waals surface area contributed by atoms with Gasteiger partial charge in [0.2, 0.25) is 5.91 Å². The molecule has 1 aliphatic heterocycles. The molecule has 7 nitrogen and oxygen atoms in total. The number of nitrogens with zero attached hydrogens (tertiary/aromatic N) is 1. The van der Waals surface area contributed by atoms with E-state index >= 15 is 0 Å². The van der Waals surface area contributed by atoms with Crippen LogP contribution in [0.15, 0.2) is 18.2 Å². The van der Waals surface area contributed by atoms with Crippen molar-refractivity contribution in [2.24, 2.45) is 5.73 Å². The second kappa shape index (κ2) is 7.13. The smallest absolute Gasteiger partial charge is 0.321 e. The fraction of sp³-hybridized carbons (Fsp3) is 0.467. The topological polar surface area (TPSA) is 93.9 Å². The van der Waals surface area contributed by atoms with Crippen LogP contribution in [0, 0.1) is 0 Å². The average Bonchev–Trinajstić information content (AvgIpc) is 2.99. The van der Waals surface area contributed by atoms with Crippen LogP contribution in [-0.4, -0.2) is 50.3 Å². The number of nitrogens with two attached hydrogens (primary N) is 1. The average molecular weight is 307 g/mol. The highest BCUT2D eigenvalue weighted by Gasteiger charge is 2.21. The number of methoxy groups -OCH3 is 1. The van der Waals surface area contributed by atoms with Crippen molar-refractivity contribution in [2.45, 2.75) is 18.9 Å². The maximum absolute atomic E-state index is 12.2. The molecule has 2 rings (SSSR count). The van der Waals surface area contributed by atoms with Crippen LogP contribution in [0.2, 0.25) is 0 Å². The quantitative estimate of drug-likeness (QED) is 0.860. The van der Waals surface area contributed by atoms with Gasteiger partial charge in [-0.3, -0.25) is 4.79 Å². The monoisotopic (exact) mass is 307 g/mol. The molecule has 1 aromatic carbocycles. The molecule has 0 saturated carbocycles. The molecule has 3 N–H and O–H groups in total. The first-order valence-corrected chi connectivity index (χ1v) is 7.13. The number of primary amides is 1. The molecule has 1 aliphatic rings. The number of likely N-dealkylation sites (N-methyl/N-ethyl adjacent to an activating group) is 1. The molecule has 1 heterocycles. The number of urea groups is 1. The lowest BCUT2D eigenvalue weighted by Gasteiger charge is -2.22. The lowest BCUT2D eigenvalue weighted by atomic mass is 10.1. The largest absolute Gasteiger partial charge is 0.495 e. The van der Waals surface area contributed by atoms with Crippen molar-refractivity contribution in [3.63, 3.8) is 0 Å². The third-order valence-corrected chi connectivity index (χ3v) is 3.57. The summed E-state index contributed by atoms with van der Waals surface area (Å²) in [5.74, 6) is -0.102. The Bertz CT molecular complexity index is 556. The van der Waals surface area contributed by atoms with Gasteiger partial charge >= 0.3 is 6.03 Å². The van der Waals surface area contributed by atoms with E-state index in [4.69, 9.17) is 15.2 Å². The van der Waals surface area contributed by atoms with Crippen LogP contribution in [-0.2, 0) is 4.74 Å². The lowest BCUT2D eigenvalue weighted by Crippen LogP contribution is -2.37. The van der Waals surface area contributed by atoms with Crippen LogP contribution >= 0.6 is 0 Å². The molecule has 1 fully saturated rings. The molecule has 1 saturated heterocycles. The zero-order valence-corrected chi connectivity index (χ0v) is 12.8. The van der Waals surface area contributed by atoms with E-state index in [-0.39, 0.29) is 12.1 Å². The highest BCUT2D eigenvalue weighted by molar-refractivity contribution is 5.97. The molecule has 0 spiro atoms. The lowest BCUT2D eigenvalue weighted by molar-refractivity contribution is 0.0894. The molecule has 0 radical (unpaired) electrons. The number of carbonyl (C=O) groups is 2. The van der Waals surface area contributed by atoms with Gasteiger partial charge in [-0.05, 0) is 31.0 Å². The first kappa shape index (κ1) is 16.1. The van der Waals surface area contributed by atoms with Crippen LogP contribution in [0.4, 0.5) is 10.5 Å². The van der Waals surface area contributed by atoms with Crippen LogP contribution in [0.1, 0.15) is 23.2 Å². The normalized spacial score (nSPS) is 17.1. The standard InChI is InChI=1S/C15H21N3O4/c1-18(9-11-4-3-7-22-11)15(20)17-12-8-10(14(16)19)5-6-13(12)21-2/h5-6,8,11H,3-4,7,9H2,1-2H3,(H2,16,19)(H,17,20)/t11-/m1/s1. The Morgan fingerprint density at radius 3 is 2.86 bits per heavy atom. The van der Waals surface area contributed by atoms with Crippen LogP contribution < -0.4 is 15.8 Å². The number of ether oxygens (including phenoxy) is 2. The minimum Gasteiger partial charge on any atom is -0.495 e. The highest BCUT2D eigenvalue weighted by Crippen LogP contribution is 2.25. The second-order valence-electron chi connectivity index (χ2n) is 5.23. The summed E-state index contributed by atoms with van der Waals surface area (Å²) >= 11 is 0. The van der Waals surface area contributed by atoms with Gasteiger partial charge in [-0.2, -0.15) is 0 Å². The van der Waals surface area contributed by atoms with Crippen molar-refractivity contribution in [3.05, 3.63) is 23.8 Å². The SMILES string of the molecule is COc1ccc(C(N)=O)cc1NC(=O)N(C)C[C@H]1CCCO1. The van der Waals surface area contributed by atoms with E-state index in [1.54, 1.807) is 24.1 Å². The van der Waals surface area contributed by atoms with Crippen molar-refractivity contribution in [2.75, 3.05) is 32.6 Å². The Hall–Kier alpha value is -2.28. The third-order valence-electron chi connectivity index (χ3n) is 3.57. The van der Waals surface area contributed by atoms with Gasteiger partial charge in [0.1, 0.15) is 5.75 Å². The van der Waals surface area contributed by atoms with Gasteiger partial charge in [0.15, 0.2) is 0 Å². The molecule has 0 bridgehead atoms. The fourth-order valence-electron chi connectivity index (χ4n) is 2.35. The van der Waals surface area contributed by atoms with Crippen LogP contribution in [0.3, 0.4) is 0 Å². The number of rotatable bonds is 5. The number of anilines is 1. The summed E-state index contributed by atoms with van der Waals surface area (Å²) < 4.78 is 10.7. The predicted molar refractivity (Wildman–Crippen MR) is 82.1 cm³/mol. The Kier molecular flexibility index (Phi) is 5.21. The summed E-state index contributed by atoms with van der Waals surface area (Å²) in [6.45, 7) is 1.26. The van der Waals surface area contributed by atoms with Crippen molar-refractivity contribution < 1.29 is 19.1 Å². The molecule has 1 atom stereocenters. The van der Waals surface area contributed by atoms with Gasteiger partial charge in [-0.1, -0.05) is 0 Å². The van der Waals surface area contributed by atoms with E-state index in [9.17, 15) is 9.59 Å². The maximum Gasteiger partial charge on any atom is 0.321 e. The van der Waals surface area contributed by atoms with Gasteiger partial charge in [0.25, 0.3) is 0 Å². The van der Waals surface area contributed by atoms with Gasteiger partial charge < -0.3 is 25.4 Å². The molecule has 7 heteroatoms. The molecule has 0 aliphatic carbocycles. The van der Waals surface area contributed by atoms with Gasteiger partial charge in [-0.25, -0.2) is 4.79 Å². The van der Waals surface area contributed by atoms with E-state index in [2.05, 4.69) is 5.32 Å². The van der Waals surface area contributed by atoms with Crippen molar-refractivity contribution in [1.82, 2.24) is 4.90 Å². The van der Waals surface area contributed by atoms with Gasteiger partial charge in [0, 0.05) is 25.8 Å². The zero-order valence-electron chi connectivity index (χ0n) is 12.8. The molecule has 120 valence electrons. The number of amides is 3. The molecule has 0 aromatic heterocycles. The highest BCUT2D eigenvalue weighted by atomic mass is 16.5. The minimum atomic E-state index is -0.564. The zero-order chi connectivity index (χ0) is 16.1. The van der Waals surface area contributed by atoms with Crippen LogP contribution in [0.5, 0.6) is 5.75 Å². The first-order valence-electron chi connectivity index (χ1n) is 7.13. The summed E-state index contributed by atoms with van der Waals surface area (Å²) in [5.41, 5.74) is 5.96. The predicted octanol–water partition coefficient (Wildman–Crippen LogP) is 1.44. The Labute approximate surface area is 129 Å². The van der Waals surface area contributed by atoms with E-state index in [0.717, 1.165) is 19.4 Å². The molecular formula is C15H21N3O4. The Balaban J connectivity index is 2.05. The molecule has 3 amide bonds. The summed E-state index contributed by atoms with van der Waals surface area (Å²) in [7, 11) is 3.19. The van der Waals surface area contributed by atoms with Gasteiger partial charge in [0.05, 0.1) is 18.9 Å². The number of nitrogens with one attached hydrogen (secondary N) is 1. The van der Waals surface area contributed by atoms with E-state index in [0.29, 0.717) is 23.5 Å². The number of carbonyl (C=O) groups excluding carboxylic acids is 2. The summed E-state index contributed by atoms with van der Waals surface area (Å²) in [6.07, 6.45) is 2.06. The van der Waals surface area contributed by atoms with Crippen LogP contribution in [0.25, 0.3) is 0 Å². The second-order valence-corrected chi connectivity index (χ2v) is 5.23. The van der Waals surface area contributed by atoms with Crippen molar-refractivity contribution in [3.8, 4) is 5.75 Å². The molecular weight excluding hydrogens is 286 g/mol. The van der Waals surface area contributed by atoms with E-state index in [1.165, 1.54) is 13.2 Å². The number of hydrogen-bond donors (Lipinski definition) is 2. The molecule has 22 heavy (non-hydrogen) atoms. The first-order chi connectivity index (χ1) is 10.5. The number of benzene rings is 1. The fourth-order valence-corrected chi connectivity index (χ4v) is 2.35. The van der Waals surface area contributed by atoms with E-state index in [1.807, 2.05) is 0 Å². The number of hydrogen-bond acceptors (Lipinski definition) is 4. The van der Waals surface area contributed by atoms with Crippen molar-refractivity contribution in [1.29, 1.82) is 0 Å². The summed E-state index contributed by atoms with van der Waals surface area (Å²) in [6, 6.07) is 4.34. The van der Waals surface area contributed by atoms with Gasteiger partial charge in [-0.15, -0.1) is 0 Å². The summed E-state index contributed by atoms with van der Waals surface area (Å²) in [4.78, 5) is 25.0. The third kappa shape index (κ3) is 3.88. The minimum absolute atomic E-state index is 0.0783. The molecule has 1 aromatic rings. The van der Waals surface area contributed by atoms with E-state index < -0.39 is 5.91 Å². The Morgan fingerprint density at radius 1 is 1.50 bits per heavy atom. The summed E-state index contributed by atoms with van der Waals surface area (Å²) in [5, 5.41) is 2.73.